The second-order valence-electron chi connectivity index (χ2n) is 7.37. The number of halogens is 1. The van der Waals surface area contributed by atoms with Gasteiger partial charge in [0.2, 0.25) is 0 Å². The number of ether oxygens (including phenoxy) is 2. The highest BCUT2D eigenvalue weighted by atomic mass is 35.5. The molecule has 0 amide bonds. The van der Waals surface area contributed by atoms with Crippen LogP contribution in [0.5, 0.6) is 5.75 Å². The zero-order valence-corrected chi connectivity index (χ0v) is 18.8. The maximum Gasteiger partial charge on any atom is 0.356 e. The van der Waals surface area contributed by atoms with E-state index in [0.29, 0.717) is 38.2 Å². The molecule has 0 spiro atoms. The lowest BCUT2D eigenvalue weighted by Crippen LogP contribution is -2.27. The Morgan fingerprint density at radius 2 is 1.55 bits per heavy atom. The largest absolute Gasteiger partial charge is 0.497 e. The average molecular weight is 462 g/mol. The summed E-state index contributed by atoms with van der Waals surface area (Å²) in [5, 5.41) is 1.62. The van der Waals surface area contributed by atoms with Crippen molar-refractivity contribution < 1.29 is 19.1 Å². The fraction of sp³-hybridized carbons (Fsp3) is 0.115. The predicted octanol–water partition coefficient (Wildman–Crippen LogP) is 4.91. The SMILES string of the molecule is COc1ccc(C(=O)COC(=O)c2c(-c3ccc(Cl)cc3)c3ccccc3c(=O)n2C)cc1. The van der Waals surface area contributed by atoms with E-state index in [4.69, 9.17) is 21.1 Å². The third-order valence-corrected chi connectivity index (χ3v) is 5.63. The van der Waals surface area contributed by atoms with Gasteiger partial charge in [-0.2, -0.15) is 0 Å². The van der Waals surface area contributed by atoms with Gasteiger partial charge in [-0.3, -0.25) is 9.59 Å². The first-order valence-electron chi connectivity index (χ1n) is 10.1. The van der Waals surface area contributed by atoms with Crippen LogP contribution in [0.1, 0.15) is 20.8 Å². The number of nitrogens with zero attached hydrogens (tertiary/aromatic N) is 1. The van der Waals surface area contributed by atoms with E-state index in [2.05, 4.69) is 0 Å². The second-order valence-corrected chi connectivity index (χ2v) is 7.80. The maximum atomic E-state index is 13.2. The molecule has 0 N–H and O–H groups in total. The summed E-state index contributed by atoms with van der Waals surface area (Å²) < 4.78 is 11.7. The van der Waals surface area contributed by atoms with Gasteiger partial charge in [-0.15, -0.1) is 0 Å². The van der Waals surface area contributed by atoms with Gasteiger partial charge in [-0.1, -0.05) is 41.9 Å². The topological polar surface area (TPSA) is 74.6 Å². The number of ketones is 1. The van der Waals surface area contributed by atoms with Crippen LogP contribution in [0.2, 0.25) is 5.02 Å². The van der Waals surface area contributed by atoms with Gasteiger partial charge in [0.15, 0.2) is 12.4 Å². The van der Waals surface area contributed by atoms with E-state index in [0.717, 1.165) is 0 Å². The molecule has 0 bridgehead atoms. The van der Waals surface area contributed by atoms with Crippen LogP contribution in [0.15, 0.2) is 77.6 Å². The molecule has 3 aromatic carbocycles. The molecule has 4 rings (SSSR count). The van der Waals surface area contributed by atoms with Crippen LogP contribution in [0.3, 0.4) is 0 Å². The van der Waals surface area contributed by atoms with Crippen LogP contribution >= 0.6 is 11.6 Å². The Kier molecular flexibility index (Phi) is 6.29. The van der Waals surface area contributed by atoms with Crippen molar-refractivity contribution in [1.82, 2.24) is 4.57 Å². The number of hydrogen-bond donors (Lipinski definition) is 0. The van der Waals surface area contributed by atoms with Crippen molar-refractivity contribution in [3.8, 4) is 16.9 Å². The summed E-state index contributed by atoms with van der Waals surface area (Å²) >= 11 is 6.05. The second kappa shape index (κ2) is 9.30. The van der Waals surface area contributed by atoms with Gasteiger partial charge in [0.05, 0.1) is 7.11 Å². The van der Waals surface area contributed by atoms with E-state index in [9.17, 15) is 14.4 Å². The Labute approximate surface area is 194 Å². The third kappa shape index (κ3) is 4.38. The minimum absolute atomic E-state index is 0.0588. The molecule has 0 radical (unpaired) electrons. The normalized spacial score (nSPS) is 10.8. The molecule has 0 aliphatic heterocycles. The highest BCUT2D eigenvalue weighted by molar-refractivity contribution is 6.30. The maximum absolute atomic E-state index is 13.2. The van der Waals surface area contributed by atoms with Crippen LogP contribution in [0.4, 0.5) is 0 Å². The van der Waals surface area contributed by atoms with Gasteiger partial charge < -0.3 is 14.0 Å². The van der Waals surface area contributed by atoms with Crippen LogP contribution in [0, 0.1) is 0 Å². The molecule has 4 aromatic rings. The minimum Gasteiger partial charge on any atom is -0.497 e. The van der Waals surface area contributed by atoms with Crippen molar-refractivity contribution in [1.29, 1.82) is 0 Å². The number of rotatable bonds is 6. The van der Waals surface area contributed by atoms with Gasteiger partial charge in [-0.05, 0) is 53.4 Å². The van der Waals surface area contributed by atoms with Crippen molar-refractivity contribution in [2.24, 2.45) is 7.05 Å². The summed E-state index contributed by atoms with van der Waals surface area (Å²) in [7, 11) is 3.04. The molecule has 0 aliphatic rings. The Hall–Kier alpha value is -3.90. The Bertz CT molecular complexity index is 1410. The quantitative estimate of drug-likeness (QED) is 0.301. The standard InChI is InChI=1S/C26H20ClNO5/c1-28-24(26(31)33-15-22(29)16-9-13-19(32-2)14-10-16)23(17-7-11-18(27)12-8-17)20-5-3-4-6-21(20)25(28)30/h3-14H,15H2,1-2H3. The zero-order chi connectivity index (χ0) is 23.5. The number of benzene rings is 3. The first kappa shape index (κ1) is 22.3. The van der Waals surface area contributed by atoms with Crippen LogP contribution < -0.4 is 10.3 Å². The molecule has 0 fully saturated rings. The molecule has 33 heavy (non-hydrogen) atoms. The number of fused-ring (bicyclic) bond motifs is 1. The van der Waals surface area contributed by atoms with Gasteiger partial charge in [-0.25, -0.2) is 4.79 Å². The molecule has 1 aromatic heterocycles. The van der Waals surface area contributed by atoms with E-state index in [1.165, 1.54) is 18.7 Å². The van der Waals surface area contributed by atoms with E-state index in [1.807, 2.05) is 0 Å². The number of methoxy groups -OCH3 is 1. The molecular weight excluding hydrogens is 442 g/mol. The van der Waals surface area contributed by atoms with Crippen molar-refractivity contribution in [2.75, 3.05) is 13.7 Å². The molecule has 0 saturated carbocycles. The van der Waals surface area contributed by atoms with Gasteiger partial charge >= 0.3 is 5.97 Å². The number of hydrogen-bond acceptors (Lipinski definition) is 5. The van der Waals surface area contributed by atoms with Gasteiger partial charge in [0, 0.05) is 28.6 Å². The number of esters is 1. The number of carbonyl (C=O) groups is 2. The number of pyridine rings is 1. The summed E-state index contributed by atoms with van der Waals surface area (Å²) in [5.41, 5.74) is 1.33. The van der Waals surface area contributed by atoms with Crippen LogP contribution in [0.25, 0.3) is 21.9 Å². The molecular formula is C26H20ClNO5. The van der Waals surface area contributed by atoms with Crippen LogP contribution in [-0.2, 0) is 11.8 Å². The number of Topliss-reactive ketones (excluding diaryl/α,β-unsaturated/α-hetero) is 1. The molecule has 0 aliphatic carbocycles. The average Bonchev–Trinajstić information content (AvgIpc) is 2.85. The fourth-order valence-corrected chi connectivity index (χ4v) is 3.80. The van der Waals surface area contributed by atoms with E-state index in [1.54, 1.807) is 72.8 Å². The molecule has 6 nitrogen and oxygen atoms in total. The third-order valence-electron chi connectivity index (χ3n) is 5.38. The van der Waals surface area contributed by atoms with Crippen molar-refractivity contribution in [3.63, 3.8) is 0 Å². The lowest BCUT2D eigenvalue weighted by molar-refractivity contribution is 0.0465. The zero-order valence-electron chi connectivity index (χ0n) is 18.0. The van der Waals surface area contributed by atoms with Gasteiger partial charge in [0.25, 0.3) is 5.56 Å². The predicted molar refractivity (Wildman–Crippen MR) is 127 cm³/mol. The number of carbonyl (C=O) groups excluding carboxylic acids is 2. The highest BCUT2D eigenvalue weighted by Crippen LogP contribution is 2.31. The van der Waals surface area contributed by atoms with Crippen molar-refractivity contribution in [3.05, 3.63) is 99.4 Å². The molecule has 0 saturated heterocycles. The van der Waals surface area contributed by atoms with Crippen molar-refractivity contribution in [2.45, 2.75) is 0 Å². The van der Waals surface area contributed by atoms with E-state index >= 15 is 0 Å². The first-order valence-corrected chi connectivity index (χ1v) is 10.5. The summed E-state index contributed by atoms with van der Waals surface area (Å²) in [6.07, 6.45) is 0. The highest BCUT2D eigenvalue weighted by Gasteiger charge is 2.23. The van der Waals surface area contributed by atoms with Crippen molar-refractivity contribution >= 4 is 34.1 Å². The molecule has 1 heterocycles. The minimum atomic E-state index is -0.771. The van der Waals surface area contributed by atoms with E-state index in [-0.39, 0.29) is 17.0 Å². The Morgan fingerprint density at radius 1 is 0.909 bits per heavy atom. The first-order chi connectivity index (χ1) is 15.9. The molecule has 166 valence electrons. The summed E-state index contributed by atoms with van der Waals surface area (Å²) in [4.78, 5) is 38.7. The lowest BCUT2D eigenvalue weighted by atomic mass is 9.97. The van der Waals surface area contributed by atoms with E-state index < -0.39 is 12.6 Å². The fourth-order valence-electron chi connectivity index (χ4n) is 3.67. The molecule has 7 heteroatoms. The summed E-state index contributed by atoms with van der Waals surface area (Å²) in [5.74, 6) is -0.528. The molecule has 0 atom stereocenters. The number of aromatic nitrogens is 1. The smallest absolute Gasteiger partial charge is 0.356 e. The van der Waals surface area contributed by atoms with Crippen LogP contribution in [-0.4, -0.2) is 30.0 Å². The van der Waals surface area contributed by atoms with Gasteiger partial charge in [0.1, 0.15) is 11.4 Å². The lowest BCUT2D eigenvalue weighted by Gasteiger charge is -2.16. The molecule has 0 unspecified atom stereocenters. The monoisotopic (exact) mass is 461 g/mol. The Balaban J connectivity index is 1.74. The summed E-state index contributed by atoms with van der Waals surface area (Å²) in [6, 6.07) is 20.5. The Morgan fingerprint density at radius 3 is 2.18 bits per heavy atom. The summed E-state index contributed by atoms with van der Waals surface area (Å²) in [6.45, 7) is -0.466.